The molecule has 0 saturated carbocycles. The van der Waals surface area contributed by atoms with E-state index in [-0.39, 0.29) is 18.4 Å². The van der Waals surface area contributed by atoms with Crippen LogP contribution in [0.3, 0.4) is 0 Å². The van der Waals surface area contributed by atoms with E-state index in [0.29, 0.717) is 23.7 Å². The van der Waals surface area contributed by atoms with Gasteiger partial charge in [0.1, 0.15) is 5.75 Å². The van der Waals surface area contributed by atoms with Crippen molar-refractivity contribution >= 4 is 5.91 Å². The summed E-state index contributed by atoms with van der Waals surface area (Å²) in [6.07, 6.45) is -2.43. The van der Waals surface area contributed by atoms with Crippen molar-refractivity contribution in [3.8, 4) is 5.75 Å². The second-order valence-corrected chi connectivity index (χ2v) is 10.3. The molecule has 4 nitrogen and oxygen atoms in total. The fourth-order valence-corrected chi connectivity index (χ4v) is 5.90. The van der Waals surface area contributed by atoms with Gasteiger partial charge in [0.2, 0.25) is 5.91 Å². The summed E-state index contributed by atoms with van der Waals surface area (Å²) in [5.41, 5.74) is 0.507. The van der Waals surface area contributed by atoms with Gasteiger partial charge in [0.15, 0.2) is 6.23 Å². The highest BCUT2D eigenvalue weighted by Crippen LogP contribution is 2.49. The van der Waals surface area contributed by atoms with Gasteiger partial charge in [-0.05, 0) is 61.5 Å². The molecule has 0 aliphatic carbocycles. The lowest BCUT2D eigenvalue weighted by Gasteiger charge is -2.33. The molecule has 5 rings (SSSR count). The average molecular weight is 473 g/mol. The second kappa shape index (κ2) is 8.59. The number of likely N-dealkylation sites (tertiary alicyclic amines) is 1. The third-order valence-electron chi connectivity index (χ3n) is 8.09. The first-order chi connectivity index (χ1) is 16.2. The molecule has 0 aromatic heterocycles. The molecule has 1 amide bonds. The minimum atomic E-state index is -4.42. The van der Waals surface area contributed by atoms with Crippen LogP contribution in [0.2, 0.25) is 0 Å². The largest absolute Gasteiger partial charge is 0.470 e. The summed E-state index contributed by atoms with van der Waals surface area (Å²) >= 11 is 0. The molecule has 3 unspecified atom stereocenters. The highest BCUT2D eigenvalue weighted by Gasteiger charge is 2.55. The highest BCUT2D eigenvalue weighted by molar-refractivity contribution is 5.86. The van der Waals surface area contributed by atoms with Crippen molar-refractivity contribution in [3.05, 3.63) is 65.2 Å². The first-order valence-electron chi connectivity index (χ1n) is 12.1. The van der Waals surface area contributed by atoms with E-state index in [1.54, 1.807) is 4.90 Å². The number of benzene rings is 2. The molecule has 34 heavy (non-hydrogen) atoms. The van der Waals surface area contributed by atoms with Gasteiger partial charge < -0.3 is 14.5 Å². The number of amides is 1. The number of hydrogen-bond acceptors (Lipinski definition) is 3. The normalized spacial score (nSPS) is 27.1. The molecular weight excluding hydrogens is 441 g/mol. The van der Waals surface area contributed by atoms with Gasteiger partial charge in [-0.2, -0.15) is 13.2 Å². The van der Waals surface area contributed by atoms with Crippen LogP contribution in [-0.4, -0.2) is 41.6 Å². The topological polar surface area (TPSA) is 32.8 Å². The zero-order valence-corrected chi connectivity index (χ0v) is 19.6. The smallest absolute Gasteiger partial charge is 0.416 e. The Bertz CT molecular complexity index is 1060. The number of rotatable bonds is 5. The molecule has 0 radical (unpaired) electrons. The predicted molar refractivity (Wildman–Crippen MR) is 123 cm³/mol. The molecule has 2 saturated heterocycles. The molecule has 3 atom stereocenters. The van der Waals surface area contributed by atoms with Crippen molar-refractivity contribution in [3.63, 3.8) is 0 Å². The number of fused-ring (bicyclic) bond motifs is 2. The van der Waals surface area contributed by atoms with Gasteiger partial charge >= 0.3 is 6.18 Å². The number of ether oxygens (including phenoxy) is 1. The summed E-state index contributed by atoms with van der Waals surface area (Å²) in [7, 11) is 0. The van der Waals surface area contributed by atoms with E-state index in [4.69, 9.17) is 4.74 Å². The van der Waals surface area contributed by atoms with Crippen LogP contribution < -0.4 is 4.74 Å². The summed E-state index contributed by atoms with van der Waals surface area (Å²) in [5.74, 6) is 1.08. The first-order valence-corrected chi connectivity index (χ1v) is 12.1. The van der Waals surface area contributed by atoms with E-state index >= 15 is 0 Å². The fraction of sp³-hybridized carbons (Fsp3) is 0.519. The van der Waals surface area contributed by atoms with Crippen LogP contribution in [0.1, 0.15) is 55.7 Å². The van der Waals surface area contributed by atoms with E-state index in [1.807, 2.05) is 6.07 Å². The van der Waals surface area contributed by atoms with Crippen LogP contribution >= 0.6 is 0 Å². The van der Waals surface area contributed by atoms with E-state index < -0.39 is 23.4 Å². The Kier molecular flexibility index (Phi) is 5.87. The zero-order valence-electron chi connectivity index (χ0n) is 19.6. The van der Waals surface area contributed by atoms with E-state index in [9.17, 15) is 18.0 Å². The Morgan fingerprint density at radius 1 is 1.15 bits per heavy atom. The quantitative estimate of drug-likeness (QED) is 0.562. The minimum Gasteiger partial charge on any atom is -0.470 e. The predicted octanol–water partition coefficient (Wildman–Crippen LogP) is 5.68. The van der Waals surface area contributed by atoms with Crippen LogP contribution in [0.25, 0.3) is 0 Å². The number of nitrogens with zero attached hydrogens (tertiary/aromatic N) is 2. The molecule has 7 heteroatoms. The van der Waals surface area contributed by atoms with E-state index in [2.05, 4.69) is 43.0 Å². The summed E-state index contributed by atoms with van der Waals surface area (Å²) < 4.78 is 45.6. The summed E-state index contributed by atoms with van der Waals surface area (Å²) in [6, 6.07) is 14.1. The SMILES string of the molecule is CC(C)C1(CCN2CCC(c3ccccc3)C2)CC2Oc3ccc(C(F)(F)F)cc3CN2C1=O. The molecule has 0 N–H and O–H groups in total. The van der Waals surface area contributed by atoms with Crippen LogP contribution in [0.15, 0.2) is 48.5 Å². The Labute approximate surface area is 198 Å². The molecule has 3 heterocycles. The Balaban J connectivity index is 1.29. The van der Waals surface area contributed by atoms with Crippen molar-refractivity contribution < 1.29 is 22.7 Å². The molecule has 2 aromatic rings. The molecule has 182 valence electrons. The second-order valence-electron chi connectivity index (χ2n) is 10.3. The van der Waals surface area contributed by atoms with Crippen molar-refractivity contribution in [2.45, 2.75) is 58.0 Å². The summed E-state index contributed by atoms with van der Waals surface area (Å²) in [5, 5.41) is 0. The number of carbonyl (C=O) groups is 1. The average Bonchev–Trinajstić information content (AvgIpc) is 3.39. The Morgan fingerprint density at radius 2 is 1.91 bits per heavy atom. The molecule has 2 fully saturated rings. The lowest BCUT2D eigenvalue weighted by atomic mass is 9.73. The monoisotopic (exact) mass is 472 g/mol. The number of halogens is 3. The van der Waals surface area contributed by atoms with Crippen molar-refractivity contribution in [1.82, 2.24) is 9.80 Å². The van der Waals surface area contributed by atoms with Gasteiger partial charge in [-0.3, -0.25) is 4.79 Å². The number of hydrogen-bond donors (Lipinski definition) is 0. The molecule has 3 aliphatic rings. The van der Waals surface area contributed by atoms with E-state index in [1.165, 1.54) is 11.6 Å². The third kappa shape index (κ3) is 4.08. The zero-order chi connectivity index (χ0) is 24.1. The Hall–Kier alpha value is -2.54. The maximum absolute atomic E-state index is 13.7. The number of alkyl halides is 3. The van der Waals surface area contributed by atoms with Gasteiger partial charge in [-0.25, -0.2) is 0 Å². The summed E-state index contributed by atoms with van der Waals surface area (Å²) in [4.78, 5) is 17.8. The minimum absolute atomic E-state index is 0.00867. The molecule has 0 spiro atoms. The van der Waals surface area contributed by atoms with Gasteiger partial charge in [0, 0.05) is 18.5 Å². The van der Waals surface area contributed by atoms with Gasteiger partial charge in [-0.1, -0.05) is 44.2 Å². The standard InChI is InChI=1S/C27H31F3N2O2/c1-18(2)26(11-13-31-12-10-20(16-31)19-6-4-3-5-7-19)15-24-32(25(26)33)17-21-14-22(27(28,29)30)8-9-23(21)34-24/h3-9,14,18,20,24H,10-13,15-17H2,1-2H3. The van der Waals surface area contributed by atoms with Gasteiger partial charge in [-0.15, -0.1) is 0 Å². The summed E-state index contributed by atoms with van der Waals surface area (Å²) in [6.45, 7) is 7.14. The lowest BCUT2D eigenvalue weighted by Crippen LogP contribution is -2.43. The third-order valence-corrected chi connectivity index (χ3v) is 8.09. The van der Waals surface area contributed by atoms with Crippen molar-refractivity contribution in [2.75, 3.05) is 19.6 Å². The first kappa shape index (κ1) is 23.2. The van der Waals surface area contributed by atoms with Crippen LogP contribution in [0.5, 0.6) is 5.75 Å². The van der Waals surface area contributed by atoms with E-state index in [0.717, 1.165) is 44.6 Å². The molecule has 3 aliphatic heterocycles. The van der Waals surface area contributed by atoms with Gasteiger partial charge in [0.05, 0.1) is 17.5 Å². The molecule has 2 aromatic carbocycles. The fourth-order valence-electron chi connectivity index (χ4n) is 5.90. The van der Waals surface area contributed by atoms with Crippen molar-refractivity contribution in [1.29, 1.82) is 0 Å². The van der Waals surface area contributed by atoms with Crippen molar-refractivity contribution in [2.24, 2.45) is 11.3 Å². The lowest BCUT2D eigenvalue weighted by molar-refractivity contribution is -0.142. The maximum Gasteiger partial charge on any atom is 0.416 e. The van der Waals surface area contributed by atoms with Crippen LogP contribution in [0.4, 0.5) is 13.2 Å². The van der Waals surface area contributed by atoms with Crippen LogP contribution in [0, 0.1) is 11.3 Å². The number of carbonyl (C=O) groups excluding carboxylic acids is 1. The Morgan fingerprint density at radius 3 is 2.62 bits per heavy atom. The highest BCUT2D eigenvalue weighted by atomic mass is 19.4. The molecule has 0 bridgehead atoms. The maximum atomic E-state index is 13.7. The van der Waals surface area contributed by atoms with Gasteiger partial charge in [0.25, 0.3) is 0 Å². The van der Waals surface area contributed by atoms with Crippen LogP contribution in [-0.2, 0) is 17.5 Å². The molecular formula is C27H31F3N2O2.